The van der Waals surface area contributed by atoms with Gasteiger partial charge in [-0.1, -0.05) is 18.6 Å². The van der Waals surface area contributed by atoms with Gasteiger partial charge >= 0.3 is 0 Å². The summed E-state index contributed by atoms with van der Waals surface area (Å²) in [4.78, 5) is 11.5. The lowest BCUT2D eigenvalue weighted by molar-refractivity contribution is 0.00220. The largest absolute Gasteiger partial charge is 0.381 e. The maximum atomic E-state index is 5.82. The van der Waals surface area contributed by atoms with Crippen molar-refractivity contribution in [2.45, 2.75) is 38.2 Å². The Morgan fingerprint density at radius 3 is 2.95 bits per heavy atom. The van der Waals surface area contributed by atoms with E-state index in [9.17, 15) is 0 Å². The summed E-state index contributed by atoms with van der Waals surface area (Å²) in [6.07, 6.45) is 8.38. The van der Waals surface area contributed by atoms with E-state index in [1.165, 1.54) is 32.1 Å². The first-order valence-corrected chi connectivity index (χ1v) is 8.30. The molecule has 1 aromatic carbocycles. The van der Waals surface area contributed by atoms with E-state index < -0.39 is 0 Å². The molecule has 4 rings (SSSR count). The second-order valence-electron chi connectivity index (χ2n) is 6.72. The Labute approximate surface area is 131 Å². The van der Waals surface area contributed by atoms with Crippen LogP contribution in [0.15, 0.2) is 30.6 Å². The number of hydrogen-bond donors (Lipinski definition) is 0. The van der Waals surface area contributed by atoms with Crippen molar-refractivity contribution in [3.8, 4) is 0 Å². The van der Waals surface area contributed by atoms with Gasteiger partial charge in [0, 0.05) is 31.0 Å². The highest BCUT2D eigenvalue weighted by Gasteiger charge is 2.46. The van der Waals surface area contributed by atoms with E-state index in [-0.39, 0.29) is 0 Å². The zero-order chi connectivity index (χ0) is 15.0. The van der Waals surface area contributed by atoms with E-state index in [1.807, 2.05) is 13.2 Å². The SMILES string of the molecule is CO[C@@H]1CCC[C@@]12CCCN(c1ncnc3ccccc13)C2. The van der Waals surface area contributed by atoms with Gasteiger partial charge in [-0.3, -0.25) is 0 Å². The van der Waals surface area contributed by atoms with Gasteiger partial charge in [-0.25, -0.2) is 9.97 Å². The van der Waals surface area contributed by atoms with Gasteiger partial charge in [0.2, 0.25) is 0 Å². The molecular weight excluding hydrogens is 274 g/mol. The Bertz CT molecular complexity index is 669. The Kier molecular flexibility index (Phi) is 3.49. The van der Waals surface area contributed by atoms with Gasteiger partial charge in [0.1, 0.15) is 12.1 Å². The lowest BCUT2D eigenvalue weighted by Gasteiger charge is -2.44. The average Bonchev–Trinajstić information content (AvgIpc) is 2.96. The topological polar surface area (TPSA) is 38.2 Å². The van der Waals surface area contributed by atoms with Crippen molar-refractivity contribution >= 4 is 16.7 Å². The van der Waals surface area contributed by atoms with Crippen molar-refractivity contribution < 1.29 is 4.74 Å². The monoisotopic (exact) mass is 297 g/mol. The van der Waals surface area contributed by atoms with Gasteiger partial charge in [0.05, 0.1) is 11.6 Å². The molecule has 1 spiro atoms. The van der Waals surface area contributed by atoms with Crippen LogP contribution in [0.4, 0.5) is 5.82 Å². The van der Waals surface area contributed by atoms with Crippen LogP contribution in [0.3, 0.4) is 0 Å². The van der Waals surface area contributed by atoms with Crippen molar-refractivity contribution in [3.05, 3.63) is 30.6 Å². The van der Waals surface area contributed by atoms with Crippen molar-refractivity contribution in [2.75, 3.05) is 25.1 Å². The van der Waals surface area contributed by atoms with Crippen LogP contribution in [0.2, 0.25) is 0 Å². The van der Waals surface area contributed by atoms with Gasteiger partial charge < -0.3 is 9.64 Å². The fourth-order valence-corrected chi connectivity index (χ4v) is 4.52. The average molecular weight is 297 g/mol. The van der Waals surface area contributed by atoms with Crippen molar-refractivity contribution in [2.24, 2.45) is 5.41 Å². The number of anilines is 1. The fourth-order valence-electron chi connectivity index (χ4n) is 4.52. The first kappa shape index (κ1) is 13.9. The van der Waals surface area contributed by atoms with Gasteiger partial charge in [0.25, 0.3) is 0 Å². The van der Waals surface area contributed by atoms with Crippen LogP contribution in [0.1, 0.15) is 32.1 Å². The number of hydrogen-bond acceptors (Lipinski definition) is 4. The second kappa shape index (κ2) is 5.51. The summed E-state index contributed by atoms with van der Waals surface area (Å²) in [7, 11) is 1.87. The highest BCUT2D eigenvalue weighted by Crippen LogP contribution is 2.47. The van der Waals surface area contributed by atoms with Gasteiger partial charge in [-0.2, -0.15) is 0 Å². The molecule has 1 aliphatic carbocycles. The summed E-state index contributed by atoms with van der Waals surface area (Å²) >= 11 is 0. The third-order valence-electron chi connectivity index (χ3n) is 5.54. The van der Waals surface area contributed by atoms with Crippen LogP contribution in [-0.4, -0.2) is 36.3 Å². The number of methoxy groups -OCH3 is 1. The molecule has 0 N–H and O–H groups in total. The molecule has 2 aliphatic rings. The van der Waals surface area contributed by atoms with Gasteiger partial charge in [-0.05, 0) is 37.8 Å². The van der Waals surface area contributed by atoms with Crippen LogP contribution in [0, 0.1) is 5.41 Å². The molecule has 2 heterocycles. The van der Waals surface area contributed by atoms with E-state index in [4.69, 9.17) is 4.74 Å². The van der Waals surface area contributed by atoms with Crippen LogP contribution < -0.4 is 4.90 Å². The number of ether oxygens (including phenoxy) is 1. The van der Waals surface area contributed by atoms with E-state index in [0.717, 1.165) is 29.8 Å². The number of piperidine rings is 1. The Balaban J connectivity index is 1.70. The molecule has 1 saturated carbocycles. The predicted octanol–water partition coefficient (Wildman–Crippen LogP) is 3.42. The number of nitrogens with zero attached hydrogens (tertiary/aromatic N) is 3. The molecule has 0 unspecified atom stereocenters. The molecule has 1 saturated heterocycles. The molecule has 2 fully saturated rings. The van der Waals surface area contributed by atoms with Crippen LogP contribution in [0.25, 0.3) is 10.9 Å². The molecule has 1 aliphatic heterocycles. The summed E-state index contributed by atoms with van der Waals surface area (Å²) in [6, 6.07) is 8.30. The molecule has 2 atom stereocenters. The minimum absolute atomic E-state index is 0.319. The number of fused-ring (bicyclic) bond motifs is 1. The summed E-state index contributed by atoms with van der Waals surface area (Å²) in [5.74, 6) is 1.09. The molecule has 22 heavy (non-hydrogen) atoms. The smallest absolute Gasteiger partial charge is 0.139 e. The Hall–Kier alpha value is -1.68. The third-order valence-corrected chi connectivity index (χ3v) is 5.54. The minimum atomic E-state index is 0.319. The molecule has 116 valence electrons. The Morgan fingerprint density at radius 1 is 1.18 bits per heavy atom. The summed E-state index contributed by atoms with van der Waals surface area (Å²) in [6.45, 7) is 2.14. The van der Waals surface area contributed by atoms with Gasteiger partial charge in [0.15, 0.2) is 0 Å². The quantitative estimate of drug-likeness (QED) is 0.851. The minimum Gasteiger partial charge on any atom is -0.381 e. The van der Waals surface area contributed by atoms with E-state index in [1.54, 1.807) is 6.33 Å². The van der Waals surface area contributed by atoms with Gasteiger partial charge in [-0.15, -0.1) is 0 Å². The molecule has 2 aromatic rings. The number of aromatic nitrogens is 2. The summed E-state index contributed by atoms with van der Waals surface area (Å²) in [5.41, 5.74) is 1.35. The molecule has 0 radical (unpaired) electrons. The van der Waals surface area contributed by atoms with Crippen LogP contribution >= 0.6 is 0 Å². The molecule has 4 nitrogen and oxygen atoms in total. The summed E-state index contributed by atoms with van der Waals surface area (Å²) < 4.78 is 5.82. The van der Waals surface area contributed by atoms with Crippen molar-refractivity contribution in [3.63, 3.8) is 0 Å². The summed E-state index contributed by atoms with van der Waals surface area (Å²) in [5, 5.41) is 1.16. The molecule has 1 aromatic heterocycles. The number of rotatable bonds is 2. The van der Waals surface area contributed by atoms with Crippen molar-refractivity contribution in [1.29, 1.82) is 0 Å². The zero-order valence-corrected chi connectivity index (χ0v) is 13.2. The molecule has 0 amide bonds. The maximum Gasteiger partial charge on any atom is 0.139 e. The highest BCUT2D eigenvalue weighted by atomic mass is 16.5. The second-order valence-corrected chi connectivity index (χ2v) is 6.72. The Morgan fingerprint density at radius 2 is 2.05 bits per heavy atom. The standard InChI is InChI=1S/C18H23N3O/c1-22-16-8-4-9-18(16)10-5-11-21(12-18)17-14-6-2-3-7-15(14)19-13-20-17/h2-3,6-7,13,16H,4-5,8-12H2,1H3/t16-,18+/m1/s1. The normalized spacial score (nSPS) is 28.6. The molecular formula is C18H23N3O. The lowest BCUT2D eigenvalue weighted by Crippen LogP contribution is -2.48. The fraction of sp³-hybridized carbons (Fsp3) is 0.556. The molecule has 0 bridgehead atoms. The van der Waals surface area contributed by atoms with Crippen LogP contribution in [0.5, 0.6) is 0 Å². The first-order valence-electron chi connectivity index (χ1n) is 8.30. The first-order chi connectivity index (χ1) is 10.8. The van der Waals surface area contributed by atoms with Crippen LogP contribution in [-0.2, 0) is 4.74 Å². The number of para-hydroxylation sites is 1. The highest BCUT2D eigenvalue weighted by molar-refractivity contribution is 5.89. The zero-order valence-electron chi connectivity index (χ0n) is 13.2. The lowest BCUT2D eigenvalue weighted by atomic mass is 9.76. The number of benzene rings is 1. The van der Waals surface area contributed by atoms with Crippen molar-refractivity contribution in [1.82, 2.24) is 9.97 Å². The van der Waals surface area contributed by atoms with E-state index >= 15 is 0 Å². The van der Waals surface area contributed by atoms with E-state index in [0.29, 0.717) is 11.5 Å². The van der Waals surface area contributed by atoms with E-state index in [2.05, 4.69) is 33.1 Å². The third kappa shape index (κ3) is 2.17. The predicted molar refractivity (Wildman–Crippen MR) is 88.1 cm³/mol. The maximum absolute atomic E-state index is 5.82. The molecule has 4 heteroatoms.